The first-order chi connectivity index (χ1) is 11.6. The number of carbonyl (C=O) groups is 1. The quantitative estimate of drug-likeness (QED) is 0.804. The molecule has 1 aliphatic rings. The van der Waals surface area contributed by atoms with Crippen LogP contribution < -0.4 is 16.4 Å². The van der Waals surface area contributed by atoms with Gasteiger partial charge in [0.2, 0.25) is 0 Å². The standard InChI is InChI=1S/C18H23N5O/c1-11-7-9-12(10-8-11)16-22-15(18(24)20-2)14(19)17(23-16)21-13-5-3-4-6-13/h7-10,13H,3-6,19H2,1-2H3,(H,20,24)(H,21,22,23). The van der Waals surface area contributed by atoms with Gasteiger partial charge in [-0.25, -0.2) is 9.97 Å². The van der Waals surface area contributed by atoms with Crippen molar-refractivity contribution in [2.75, 3.05) is 18.1 Å². The molecule has 6 nitrogen and oxygen atoms in total. The van der Waals surface area contributed by atoms with Crippen LogP contribution in [0.5, 0.6) is 0 Å². The maximum Gasteiger partial charge on any atom is 0.272 e. The smallest absolute Gasteiger partial charge is 0.272 e. The van der Waals surface area contributed by atoms with Gasteiger partial charge in [-0.05, 0) is 19.8 Å². The van der Waals surface area contributed by atoms with Crippen molar-refractivity contribution in [3.63, 3.8) is 0 Å². The average molecular weight is 325 g/mol. The molecule has 2 aromatic rings. The van der Waals surface area contributed by atoms with E-state index >= 15 is 0 Å². The number of aromatic nitrogens is 2. The third kappa shape index (κ3) is 3.32. The number of amides is 1. The number of nitrogen functional groups attached to an aromatic ring is 1. The molecular weight excluding hydrogens is 302 g/mol. The second-order valence-corrected chi connectivity index (χ2v) is 6.23. The molecule has 1 fully saturated rings. The van der Waals surface area contributed by atoms with E-state index in [4.69, 9.17) is 5.73 Å². The molecule has 6 heteroatoms. The number of aryl methyl sites for hydroxylation is 1. The molecule has 1 saturated carbocycles. The molecule has 0 spiro atoms. The Morgan fingerprint density at radius 2 is 1.83 bits per heavy atom. The fraction of sp³-hybridized carbons (Fsp3) is 0.389. The topological polar surface area (TPSA) is 92.9 Å². The normalized spacial score (nSPS) is 14.6. The Morgan fingerprint density at radius 1 is 1.17 bits per heavy atom. The van der Waals surface area contributed by atoms with E-state index in [0.29, 0.717) is 23.4 Å². The van der Waals surface area contributed by atoms with Crippen molar-refractivity contribution >= 4 is 17.4 Å². The summed E-state index contributed by atoms with van der Waals surface area (Å²) < 4.78 is 0. The van der Waals surface area contributed by atoms with Gasteiger partial charge >= 0.3 is 0 Å². The first-order valence-corrected chi connectivity index (χ1v) is 8.31. The number of rotatable bonds is 4. The minimum atomic E-state index is -0.308. The Bertz CT molecular complexity index is 736. The van der Waals surface area contributed by atoms with Crippen LogP contribution in [-0.2, 0) is 0 Å². The van der Waals surface area contributed by atoms with Gasteiger partial charge in [-0.3, -0.25) is 4.79 Å². The van der Waals surface area contributed by atoms with Crippen LogP contribution in [0.2, 0.25) is 0 Å². The van der Waals surface area contributed by atoms with Gasteiger partial charge in [-0.1, -0.05) is 42.7 Å². The van der Waals surface area contributed by atoms with Crippen molar-refractivity contribution in [3.05, 3.63) is 35.5 Å². The van der Waals surface area contributed by atoms with Crippen LogP contribution in [-0.4, -0.2) is 29.0 Å². The van der Waals surface area contributed by atoms with Crippen LogP contribution in [0.3, 0.4) is 0 Å². The average Bonchev–Trinajstić information content (AvgIpc) is 3.10. The van der Waals surface area contributed by atoms with Gasteiger partial charge in [-0.15, -0.1) is 0 Å². The Morgan fingerprint density at radius 3 is 2.46 bits per heavy atom. The Labute approximate surface area is 141 Å². The summed E-state index contributed by atoms with van der Waals surface area (Å²) in [5.41, 5.74) is 8.69. The third-order valence-electron chi connectivity index (χ3n) is 4.39. The monoisotopic (exact) mass is 325 g/mol. The van der Waals surface area contributed by atoms with Gasteiger partial charge in [0, 0.05) is 18.7 Å². The third-order valence-corrected chi connectivity index (χ3v) is 4.39. The van der Waals surface area contributed by atoms with E-state index in [2.05, 4.69) is 20.6 Å². The van der Waals surface area contributed by atoms with Crippen LogP contribution in [0.1, 0.15) is 41.7 Å². The summed E-state index contributed by atoms with van der Waals surface area (Å²) in [5.74, 6) is 0.743. The SMILES string of the molecule is CNC(=O)c1nc(-c2ccc(C)cc2)nc(NC2CCCC2)c1N. The number of anilines is 2. The van der Waals surface area contributed by atoms with E-state index in [1.54, 1.807) is 7.05 Å². The van der Waals surface area contributed by atoms with Crippen LogP contribution in [0.25, 0.3) is 11.4 Å². The zero-order valence-corrected chi connectivity index (χ0v) is 14.1. The molecule has 0 saturated heterocycles. The highest BCUT2D eigenvalue weighted by atomic mass is 16.1. The molecule has 0 bridgehead atoms. The highest BCUT2D eigenvalue weighted by molar-refractivity contribution is 5.99. The van der Waals surface area contributed by atoms with E-state index in [9.17, 15) is 4.79 Å². The number of nitrogens with one attached hydrogen (secondary N) is 2. The number of hydrogen-bond acceptors (Lipinski definition) is 5. The van der Waals surface area contributed by atoms with E-state index in [1.807, 2.05) is 31.2 Å². The Hall–Kier alpha value is -2.63. The number of benzene rings is 1. The summed E-state index contributed by atoms with van der Waals surface area (Å²) in [6, 6.07) is 8.25. The van der Waals surface area contributed by atoms with Crippen LogP contribution in [0.15, 0.2) is 24.3 Å². The fourth-order valence-electron chi connectivity index (χ4n) is 2.97. The van der Waals surface area contributed by atoms with Gasteiger partial charge in [0.25, 0.3) is 5.91 Å². The molecule has 1 aliphatic carbocycles. The van der Waals surface area contributed by atoms with Gasteiger partial charge in [0.05, 0.1) is 0 Å². The molecule has 4 N–H and O–H groups in total. The molecular formula is C18H23N5O. The van der Waals surface area contributed by atoms with Crippen LogP contribution in [0.4, 0.5) is 11.5 Å². The van der Waals surface area contributed by atoms with Gasteiger partial charge in [0.15, 0.2) is 17.3 Å². The van der Waals surface area contributed by atoms with Gasteiger partial charge in [0.1, 0.15) is 5.69 Å². The lowest BCUT2D eigenvalue weighted by molar-refractivity contribution is 0.0959. The minimum Gasteiger partial charge on any atom is -0.394 e. The molecule has 3 rings (SSSR count). The Balaban J connectivity index is 2.04. The summed E-state index contributed by atoms with van der Waals surface area (Å²) in [4.78, 5) is 21.1. The Kier molecular flexibility index (Phi) is 4.64. The van der Waals surface area contributed by atoms with E-state index in [1.165, 1.54) is 12.8 Å². The molecule has 1 aromatic carbocycles. The van der Waals surface area contributed by atoms with Crippen molar-refractivity contribution in [2.24, 2.45) is 0 Å². The summed E-state index contributed by atoms with van der Waals surface area (Å²) in [6.07, 6.45) is 4.60. The lowest BCUT2D eigenvalue weighted by atomic mass is 10.1. The second kappa shape index (κ2) is 6.86. The van der Waals surface area contributed by atoms with Crippen LogP contribution >= 0.6 is 0 Å². The molecule has 0 radical (unpaired) electrons. The predicted octanol–water partition coefficient (Wildman–Crippen LogP) is 2.75. The van der Waals surface area contributed by atoms with Gasteiger partial charge < -0.3 is 16.4 Å². The van der Waals surface area contributed by atoms with E-state index in [-0.39, 0.29) is 11.6 Å². The largest absolute Gasteiger partial charge is 0.394 e. The molecule has 126 valence electrons. The molecule has 0 unspecified atom stereocenters. The number of carbonyl (C=O) groups excluding carboxylic acids is 1. The van der Waals surface area contributed by atoms with Crippen molar-refractivity contribution in [1.82, 2.24) is 15.3 Å². The van der Waals surface area contributed by atoms with Crippen molar-refractivity contribution < 1.29 is 4.79 Å². The summed E-state index contributed by atoms with van der Waals surface area (Å²) in [6.45, 7) is 2.02. The van der Waals surface area contributed by atoms with Crippen molar-refractivity contribution in [3.8, 4) is 11.4 Å². The molecule has 0 atom stereocenters. The molecule has 1 aromatic heterocycles. The van der Waals surface area contributed by atoms with Crippen molar-refractivity contribution in [1.29, 1.82) is 0 Å². The first-order valence-electron chi connectivity index (χ1n) is 8.31. The second-order valence-electron chi connectivity index (χ2n) is 6.23. The number of nitrogens with zero attached hydrogens (tertiary/aromatic N) is 2. The van der Waals surface area contributed by atoms with Crippen molar-refractivity contribution in [2.45, 2.75) is 38.6 Å². The molecule has 1 amide bonds. The predicted molar refractivity (Wildman–Crippen MR) is 95.9 cm³/mol. The van der Waals surface area contributed by atoms with Gasteiger partial charge in [-0.2, -0.15) is 0 Å². The molecule has 1 heterocycles. The fourth-order valence-corrected chi connectivity index (χ4v) is 2.97. The summed E-state index contributed by atoms with van der Waals surface area (Å²) in [5, 5.41) is 5.99. The lowest BCUT2D eigenvalue weighted by Gasteiger charge is -2.17. The zero-order chi connectivity index (χ0) is 17.1. The highest BCUT2D eigenvalue weighted by Crippen LogP contribution is 2.28. The molecule has 0 aliphatic heterocycles. The highest BCUT2D eigenvalue weighted by Gasteiger charge is 2.21. The van der Waals surface area contributed by atoms with Crippen LogP contribution in [0, 0.1) is 6.92 Å². The van der Waals surface area contributed by atoms with E-state index in [0.717, 1.165) is 24.0 Å². The zero-order valence-electron chi connectivity index (χ0n) is 14.1. The number of hydrogen-bond donors (Lipinski definition) is 3. The maximum absolute atomic E-state index is 12.2. The minimum absolute atomic E-state index is 0.212. The number of nitrogens with two attached hydrogens (primary N) is 1. The van der Waals surface area contributed by atoms with E-state index < -0.39 is 0 Å². The first kappa shape index (κ1) is 16.2. The maximum atomic E-state index is 12.2. The summed E-state index contributed by atoms with van der Waals surface area (Å²) in [7, 11) is 1.57. The summed E-state index contributed by atoms with van der Waals surface area (Å²) >= 11 is 0. The lowest BCUT2D eigenvalue weighted by Crippen LogP contribution is -2.24. The molecule has 24 heavy (non-hydrogen) atoms.